The molecular weight excluding hydrogens is 421 g/mol. The lowest BCUT2D eigenvalue weighted by molar-refractivity contribution is -0.116. The van der Waals surface area contributed by atoms with Gasteiger partial charge in [0.2, 0.25) is 15.9 Å². The molecule has 1 saturated heterocycles. The molecule has 0 bridgehead atoms. The summed E-state index contributed by atoms with van der Waals surface area (Å²) in [5.74, 6) is -1.06. The molecule has 31 heavy (non-hydrogen) atoms. The molecule has 0 saturated carbocycles. The number of piperidine rings is 1. The average molecular weight is 448 g/mol. The molecule has 0 spiro atoms. The molecule has 1 aliphatic heterocycles. The molecule has 3 rings (SSSR count). The molecule has 1 heterocycles. The molecule has 2 aromatic carbocycles. The molecule has 0 radical (unpaired) electrons. The molecule has 1 aliphatic rings. The van der Waals surface area contributed by atoms with E-state index in [0.29, 0.717) is 24.7 Å². The van der Waals surface area contributed by atoms with Crippen LogP contribution in [0.1, 0.15) is 30.1 Å². The lowest BCUT2D eigenvalue weighted by Crippen LogP contribution is -2.39. The Labute approximate surface area is 181 Å². The normalized spacial score (nSPS) is 17.2. The second kappa shape index (κ2) is 9.57. The number of halogens is 1. The van der Waals surface area contributed by atoms with E-state index in [1.54, 1.807) is 6.07 Å². The summed E-state index contributed by atoms with van der Waals surface area (Å²) in [6.45, 7) is 2.79. The number of sulfonamides is 1. The molecule has 0 unspecified atom stereocenters. The Morgan fingerprint density at radius 1 is 1.19 bits per heavy atom. The number of amides is 2. The van der Waals surface area contributed by atoms with Gasteiger partial charge in [-0.2, -0.15) is 4.31 Å². The van der Waals surface area contributed by atoms with Gasteiger partial charge in [0.25, 0.3) is 5.91 Å². The van der Waals surface area contributed by atoms with E-state index < -0.39 is 27.7 Å². The zero-order valence-electron chi connectivity index (χ0n) is 17.5. The number of carbonyl (C=O) groups excluding carboxylic acids is 2. The second-order valence-corrected chi connectivity index (χ2v) is 9.79. The summed E-state index contributed by atoms with van der Waals surface area (Å²) >= 11 is 0. The Hall–Kier alpha value is -2.78. The molecule has 9 heteroatoms. The Kier molecular flexibility index (Phi) is 7.07. The highest BCUT2D eigenvalue weighted by molar-refractivity contribution is 7.89. The van der Waals surface area contributed by atoms with Crippen LogP contribution >= 0.6 is 0 Å². The van der Waals surface area contributed by atoms with Crippen LogP contribution < -0.4 is 5.32 Å². The average Bonchev–Trinajstić information content (AvgIpc) is 2.73. The van der Waals surface area contributed by atoms with Crippen molar-refractivity contribution in [3.63, 3.8) is 0 Å². The van der Waals surface area contributed by atoms with Gasteiger partial charge in [-0.25, -0.2) is 12.8 Å². The zero-order chi connectivity index (χ0) is 22.6. The number of likely N-dealkylation sites (N-methyl/N-ethyl adjacent to an activating group) is 1. The maximum atomic E-state index is 13.2. The number of nitrogens with one attached hydrogen (secondary N) is 1. The van der Waals surface area contributed by atoms with Gasteiger partial charge in [-0.05, 0) is 61.2 Å². The number of anilines is 1. The fraction of sp³-hybridized carbons (Fsp3) is 0.364. The van der Waals surface area contributed by atoms with Crippen molar-refractivity contribution in [3.8, 4) is 0 Å². The van der Waals surface area contributed by atoms with Gasteiger partial charge < -0.3 is 10.2 Å². The standard InChI is InChI=1S/C22H26FN3O4S/c1-16-5-4-12-26(14-16)31(29,30)20-10-8-17(9-11-20)22(28)25(2)15-21(27)24-19-7-3-6-18(23)13-19/h3,6-11,13,16H,4-5,12,14-15H2,1-2H3,(H,24,27)/t16-/m1/s1. The molecule has 1 fully saturated rings. The van der Waals surface area contributed by atoms with E-state index in [9.17, 15) is 22.4 Å². The quantitative estimate of drug-likeness (QED) is 0.738. The number of carbonyl (C=O) groups is 2. The molecule has 1 atom stereocenters. The third kappa shape index (κ3) is 5.68. The van der Waals surface area contributed by atoms with Crippen molar-refractivity contribution in [1.82, 2.24) is 9.21 Å². The lowest BCUT2D eigenvalue weighted by atomic mass is 10.0. The van der Waals surface area contributed by atoms with E-state index >= 15 is 0 Å². The van der Waals surface area contributed by atoms with Gasteiger partial charge >= 0.3 is 0 Å². The van der Waals surface area contributed by atoms with E-state index in [0.717, 1.165) is 12.8 Å². The lowest BCUT2D eigenvalue weighted by Gasteiger charge is -2.30. The van der Waals surface area contributed by atoms with Crippen molar-refractivity contribution < 1.29 is 22.4 Å². The fourth-order valence-electron chi connectivity index (χ4n) is 3.56. The van der Waals surface area contributed by atoms with Crippen LogP contribution in [0.2, 0.25) is 0 Å². The predicted molar refractivity (Wildman–Crippen MR) is 116 cm³/mol. The number of nitrogens with zero attached hydrogens (tertiary/aromatic N) is 2. The van der Waals surface area contributed by atoms with E-state index in [4.69, 9.17) is 0 Å². The third-order valence-corrected chi connectivity index (χ3v) is 7.07. The number of benzene rings is 2. The first-order valence-electron chi connectivity index (χ1n) is 10.1. The number of hydrogen-bond acceptors (Lipinski definition) is 4. The third-order valence-electron chi connectivity index (χ3n) is 5.19. The number of hydrogen-bond donors (Lipinski definition) is 1. The second-order valence-electron chi connectivity index (χ2n) is 7.85. The summed E-state index contributed by atoms with van der Waals surface area (Å²) in [7, 11) is -2.14. The molecular formula is C22H26FN3O4S. The Morgan fingerprint density at radius 3 is 2.55 bits per heavy atom. The predicted octanol–water partition coefficient (Wildman–Crippen LogP) is 2.96. The highest BCUT2D eigenvalue weighted by atomic mass is 32.2. The van der Waals surface area contributed by atoms with Crippen molar-refractivity contribution >= 4 is 27.5 Å². The first kappa shape index (κ1) is 22.9. The Morgan fingerprint density at radius 2 is 1.90 bits per heavy atom. The van der Waals surface area contributed by atoms with Gasteiger partial charge in [0.15, 0.2) is 0 Å². The van der Waals surface area contributed by atoms with Crippen LogP contribution in [-0.2, 0) is 14.8 Å². The van der Waals surface area contributed by atoms with Crippen LogP contribution in [0.15, 0.2) is 53.4 Å². The minimum Gasteiger partial charge on any atom is -0.332 e. The van der Waals surface area contributed by atoms with Crippen LogP contribution in [0, 0.1) is 11.7 Å². The number of rotatable bonds is 6. The first-order valence-corrected chi connectivity index (χ1v) is 11.5. The minimum atomic E-state index is -3.60. The van der Waals surface area contributed by atoms with Crippen LogP contribution in [0.25, 0.3) is 0 Å². The Bertz CT molecular complexity index is 1060. The van der Waals surface area contributed by atoms with Crippen molar-refractivity contribution in [1.29, 1.82) is 0 Å². The van der Waals surface area contributed by atoms with E-state index in [2.05, 4.69) is 5.32 Å². The fourth-order valence-corrected chi connectivity index (χ4v) is 5.16. The molecule has 0 aliphatic carbocycles. The van der Waals surface area contributed by atoms with Crippen molar-refractivity contribution in [2.45, 2.75) is 24.7 Å². The largest absolute Gasteiger partial charge is 0.332 e. The molecule has 0 aromatic heterocycles. The van der Waals surface area contributed by atoms with Gasteiger partial charge in [0.1, 0.15) is 5.82 Å². The van der Waals surface area contributed by atoms with Crippen molar-refractivity contribution in [2.24, 2.45) is 5.92 Å². The van der Waals surface area contributed by atoms with Gasteiger partial charge in [0, 0.05) is 31.4 Å². The monoisotopic (exact) mass is 447 g/mol. The summed E-state index contributed by atoms with van der Waals surface area (Å²) in [6.07, 6.45) is 1.85. The minimum absolute atomic E-state index is 0.143. The zero-order valence-corrected chi connectivity index (χ0v) is 18.4. The topological polar surface area (TPSA) is 86.8 Å². The molecule has 7 nitrogen and oxygen atoms in total. The highest BCUT2D eigenvalue weighted by Crippen LogP contribution is 2.23. The maximum Gasteiger partial charge on any atom is 0.254 e. The summed E-state index contributed by atoms with van der Waals surface area (Å²) in [6, 6.07) is 11.2. The van der Waals surface area contributed by atoms with Gasteiger partial charge in [0.05, 0.1) is 11.4 Å². The van der Waals surface area contributed by atoms with Crippen molar-refractivity contribution in [2.75, 3.05) is 32.0 Å². The van der Waals surface area contributed by atoms with Gasteiger partial charge in [-0.1, -0.05) is 13.0 Å². The molecule has 2 amide bonds. The van der Waals surface area contributed by atoms with Gasteiger partial charge in [-0.15, -0.1) is 0 Å². The van der Waals surface area contributed by atoms with Crippen molar-refractivity contribution in [3.05, 3.63) is 59.9 Å². The van der Waals surface area contributed by atoms with E-state index in [1.165, 1.54) is 58.7 Å². The van der Waals surface area contributed by atoms with Crippen LogP contribution in [0.4, 0.5) is 10.1 Å². The van der Waals surface area contributed by atoms with Crippen LogP contribution in [0.3, 0.4) is 0 Å². The summed E-state index contributed by atoms with van der Waals surface area (Å²) in [5, 5.41) is 2.53. The SMILES string of the molecule is C[C@@H]1CCCN(S(=O)(=O)c2ccc(C(=O)N(C)CC(=O)Nc3cccc(F)c3)cc2)C1. The van der Waals surface area contributed by atoms with Crippen LogP contribution in [-0.4, -0.2) is 56.1 Å². The highest BCUT2D eigenvalue weighted by Gasteiger charge is 2.28. The molecule has 1 N–H and O–H groups in total. The summed E-state index contributed by atoms with van der Waals surface area (Å²) in [5.41, 5.74) is 0.569. The Balaban J connectivity index is 1.63. The molecule has 166 valence electrons. The summed E-state index contributed by atoms with van der Waals surface area (Å²) < 4.78 is 40.4. The van der Waals surface area contributed by atoms with E-state index in [-0.39, 0.29) is 17.0 Å². The first-order chi connectivity index (χ1) is 14.7. The molecule has 2 aromatic rings. The van der Waals surface area contributed by atoms with Gasteiger partial charge in [-0.3, -0.25) is 9.59 Å². The van der Waals surface area contributed by atoms with Crippen LogP contribution in [0.5, 0.6) is 0 Å². The smallest absolute Gasteiger partial charge is 0.254 e. The van der Waals surface area contributed by atoms with E-state index in [1.807, 2.05) is 6.92 Å². The summed E-state index contributed by atoms with van der Waals surface area (Å²) in [4.78, 5) is 26.1. The maximum absolute atomic E-state index is 13.2.